The molecule has 6 nitrogen and oxygen atoms in total. The van der Waals surface area contributed by atoms with Crippen molar-refractivity contribution in [3.8, 4) is 5.75 Å². The van der Waals surface area contributed by atoms with Gasteiger partial charge < -0.3 is 21.1 Å². The Morgan fingerprint density at radius 1 is 1.25 bits per heavy atom. The van der Waals surface area contributed by atoms with Gasteiger partial charge in [-0.2, -0.15) is 0 Å². The van der Waals surface area contributed by atoms with Crippen LogP contribution in [-0.4, -0.2) is 31.0 Å². The van der Waals surface area contributed by atoms with Crippen LogP contribution in [0.2, 0.25) is 0 Å². The highest BCUT2D eigenvalue weighted by atomic mass is 16.5. The molecule has 0 spiro atoms. The van der Waals surface area contributed by atoms with E-state index in [9.17, 15) is 9.59 Å². The van der Waals surface area contributed by atoms with Crippen LogP contribution < -0.4 is 21.1 Å². The number of ether oxygens (including phenoxy) is 1. The van der Waals surface area contributed by atoms with Crippen LogP contribution in [0.1, 0.15) is 31.1 Å². The van der Waals surface area contributed by atoms with Crippen LogP contribution in [0, 0.1) is 0 Å². The molecule has 2 amide bonds. The van der Waals surface area contributed by atoms with E-state index >= 15 is 0 Å². The van der Waals surface area contributed by atoms with E-state index in [2.05, 4.69) is 10.6 Å². The molecule has 0 unspecified atom stereocenters. The van der Waals surface area contributed by atoms with Crippen LogP contribution in [0.3, 0.4) is 0 Å². The SMILES string of the molecule is COc1cc(N)cc(C(=O)NCC(=O)NC(C)(C)C)c1. The minimum Gasteiger partial charge on any atom is -0.497 e. The summed E-state index contributed by atoms with van der Waals surface area (Å²) in [6, 6.07) is 4.70. The second-order valence-corrected chi connectivity index (χ2v) is 5.48. The highest BCUT2D eigenvalue weighted by Crippen LogP contribution is 2.18. The third-order valence-corrected chi connectivity index (χ3v) is 2.35. The number of carbonyl (C=O) groups is 2. The average molecular weight is 279 g/mol. The summed E-state index contributed by atoms with van der Waals surface area (Å²) in [5, 5.41) is 5.29. The Labute approximate surface area is 118 Å². The minimum atomic E-state index is -0.375. The monoisotopic (exact) mass is 279 g/mol. The molecule has 0 aliphatic carbocycles. The third kappa shape index (κ3) is 5.17. The maximum Gasteiger partial charge on any atom is 0.251 e. The molecule has 1 aromatic carbocycles. The molecule has 0 radical (unpaired) electrons. The number of anilines is 1. The molecule has 0 heterocycles. The van der Waals surface area contributed by atoms with Crippen LogP contribution in [0.15, 0.2) is 18.2 Å². The lowest BCUT2D eigenvalue weighted by Crippen LogP contribution is -2.45. The molecule has 0 saturated heterocycles. The first-order chi connectivity index (χ1) is 9.21. The van der Waals surface area contributed by atoms with E-state index in [4.69, 9.17) is 10.5 Å². The molecule has 0 bridgehead atoms. The summed E-state index contributed by atoms with van der Waals surface area (Å²) in [7, 11) is 1.49. The number of benzene rings is 1. The Bertz CT molecular complexity index is 507. The second kappa shape index (κ2) is 6.27. The number of nitrogens with two attached hydrogens (primary N) is 1. The van der Waals surface area contributed by atoms with Gasteiger partial charge >= 0.3 is 0 Å². The number of hydrogen-bond acceptors (Lipinski definition) is 4. The third-order valence-electron chi connectivity index (χ3n) is 2.35. The second-order valence-electron chi connectivity index (χ2n) is 5.48. The maximum absolute atomic E-state index is 11.9. The van der Waals surface area contributed by atoms with Gasteiger partial charge in [-0.3, -0.25) is 9.59 Å². The van der Waals surface area contributed by atoms with Gasteiger partial charge in [0.2, 0.25) is 5.91 Å². The van der Waals surface area contributed by atoms with Gasteiger partial charge in [-0.05, 0) is 32.9 Å². The lowest BCUT2D eigenvalue weighted by atomic mass is 10.1. The number of amides is 2. The van der Waals surface area contributed by atoms with Crippen molar-refractivity contribution in [2.24, 2.45) is 0 Å². The molecule has 4 N–H and O–H groups in total. The van der Waals surface area contributed by atoms with E-state index in [-0.39, 0.29) is 23.9 Å². The van der Waals surface area contributed by atoms with Gasteiger partial charge in [-0.15, -0.1) is 0 Å². The summed E-state index contributed by atoms with van der Waals surface area (Å²) in [5.74, 6) is -0.129. The van der Waals surface area contributed by atoms with E-state index in [1.807, 2.05) is 20.8 Å². The van der Waals surface area contributed by atoms with E-state index in [0.717, 1.165) is 0 Å². The number of nitrogen functional groups attached to an aromatic ring is 1. The van der Waals surface area contributed by atoms with Crippen LogP contribution in [0.5, 0.6) is 5.75 Å². The summed E-state index contributed by atoms with van der Waals surface area (Å²) in [6.07, 6.45) is 0. The fourth-order valence-electron chi connectivity index (χ4n) is 1.60. The van der Waals surface area contributed by atoms with Crippen LogP contribution >= 0.6 is 0 Å². The van der Waals surface area contributed by atoms with Crippen molar-refractivity contribution in [1.82, 2.24) is 10.6 Å². The average Bonchev–Trinajstić information content (AvgIpc) is 2.33. The molecule has 0 atom stereocenters. The molecule has 110 valence electrons. The summed E-state index contributed by atoms with van der Waals surface area (Å²) in [6.45, 7) is 5.52. The van der Waals surface area contributed by atoms with E-state index in [1.165, 1.54) is 13.2 Å². The number of nitrogens with one attached hydrogen (secondary N) is 2. The fourth-order valence-corrected chi connectivity index (χ4v) is 1.60. The molecule has 6 heteroatoms. The van der Waals surface area contributed by atoms with Gasteiger partial charge in [0.25, 0.3) is 5.91 Å². The van der Waals surface area contributed by atoms with Gasteiger partial charge in [0, 0.05) is 22.9 Å². The van der Waals surface area contributed by atoms with E-state index < -0.39 is 0 Å². The lowest BCUT2D eigenvalue weighted by molar-refractivity contribution is -0.121. The quantitative estimate of drug-likeness (QED) is 0.714. The van der Waals surface area contributed by atoms with Gasteiger partial charge in [-0.1, -0.05) is 0 Å². The van der Waals surface area contributed by atoms with Crippen molar-refractivity contribution < 1.29 is 14.3 Å². The zero-order chi connectivity index (χ0) is 15.3. The smallest absolute Gasteiger partial charge is 0.251 e. The molecular weight excluding hydrogens is 258 g/mol. The molecule has 1 rings (SSSR count). The summed E-state index contributed by atoms with van der Waals surface area (Å²) < 4.78 is 5.04. The molecule has 20 heavy (non-hydrogen) atoms. The topological polar surface area (TPSA) is 93.4 Å². The standard InChI is InChI=1S/C14H21N3O3/c1-14(2,3)17-12(18)8-16-13(19)9-5-10(15)7-11(6-9)20-4/h5-7H,8,15H2,1-4H3,(H,16,19)(H,17,18). The van der Waals surface area contributed by atoms with Gasteiger partial charge in [0.05, 0.1) is 13.7 Å². The van der Waals surface area contributed by atoms with Gasteiger partial charge in [0.1, 0.15) is 5.75 Å². The first kappa shape index (κ1) is 15.8. The van der Waals surface area contributed by atoms with Crippen LogP contribution in [0.25, 0.3) is 0 Å². The zero-order valence-corrected chi connectivity index (χ0v) is 12.2. The first-order valence-corrected chi connectivity index (χ1v) is 6.25. The Kier molecular flexibility index (Phi) is 4.96. The molecule has 0 aliphatic rings. The van der Waals surface area contributed by atoms with Crippen molar-refractivity contribution in [1.29, 1.82) is 0 Å². The minimum absolute atomic E-state index is 0.0901. The molecule has 0 aliphatic heterocycles. The van der Waals surface area contributed by atoms with Crippen molar-refractivity contribution >= 4 is 17.5 Å². The van der Waals surface area contributed by atoms with Crippen LogP contribution in [0.4, 0.5) is 5.69 Å². The summed E-state index contributed by atoms with van der Waals surface area (Å²) in [5.41, 5.74) is 6.12. The first-order valence-electron chi connectivity index (χ1n) is 6.25. The molecule has 0 saturated carbocycles. The zero-order valence-electron chi connectivity index (χ0n) is 12.2. The maximum atomic E-state index is 11.9. The Morgan fingerprint density at radius 2 is 1.90 bits per heavy atom. The number of hydrogen-bond donors (Lipinski definition) is 3. The van der Waals surface area contributed by atoms with Gasteiger partial charge in [-0.25, -0.2) is 0 Å². The predicted octanol–water partition coefficient (Wildman–Crippen LogP) is 0.922. The van der Waals surface area contributed by atoms with Crippen molar-refractivity contribution in [2.75, 3.05) is 19.4 Å². The fraction of sp³-hybridized carbons (Fsp3) is 0.429. The molecular formula is C14H21N3O3. The molecule has 0 fully saturated rings. The number of rotatable bonds is 4. The highest BCUT2D eigenvalue weighted by molar-refractivity contribution is 5.97. The van der Waals surface area contributed by atoms with Gasteiger partial charge in [0.15, 0.2) is 0 Å². The summed E-state index contributed by atoms with van der Waals surface area (Å²) in [4.78, 5) is 23.5. The molecule has 1 aromatic rings. The van der Waals surface area contributed by atoms with Crippen molar-refractivity contribution in [2.45, 2.75) is 26.3 Å². The normalized spacial score (nSPS) is 10.8. The molecule has 0 aromatic heterocycles. The predicted molar refractivity (Wildman–Crippen MR) is 77.6 cm³/mol. The van der Waals surface area contributed by atoms with E-state index in [0.29, 0.717) is 17.0 Å². The summed E-state index contributed by atoms with van der Waals surface area (Å²) >= 11 is 0. The van der Waals surface area contributed by atoms with Crippen molar-refractivity contribution in [3.63, 3.8) is 0 Å². The Morgan fingerprint density at radius 3 is 2.45 bits per heavy atom. The largest absolute Gasteiger partial charge is 0.497 e. The number of methoxy groups -OCH3 is 1. The lowest BCUT2D eigenvalue weighted by Gasteiger charge is -2.20. The van der Waals surface area contributed by atoms with E-state index in [1.54, 1.807) is 12.1 Å². The Hall–Kier alpha value is -2.24. The van der Waals surface area contributed by atoms with Crippen molar-refractivity contribution in [3.05, 3.63) is 23.8 Å². The number of carbonyl (C=O) groups excluding carboxylic acids is 2. The Balaban J connectivity index is 2.63. The van der Waals surface area contributed by atoms with Crippen LogP contribution in [-0.2, 0) is 4.79 Å². The highest BCUT2D eigenvalue weighted by Gasteiger charge is 2.15.